The van der Waals surface area contributed by atoms with E-state index in [1.54, 1.807) is 18.2 Å². The van der Waals surface area contributed by atoms with Gasteiger partial charge in [-0.1, -0.05) is 17.7 Å². The Hall–Kier alpha value is -3.44. The SMILES string of the molecule is COC(=O)N1CCC(OC(=O)c2sc3cccc(Cl)c3c2COc2c(F)cc(C(N)=O)cc2F)CC1. The number of rotatable bonds is 6. The van der Waals surface area contributed by atoms with Crippen molar-refractivity contribution in [1.29, 1.82) is 0 Å². The number of benzene rings is 2. The highest BCUT2D eigenvalue weighted by Gasteiger charge is 2.29. The lowest BCUT2D eigenvalue weighted by Crippen LogP contribution is -2.41. The van der Waals surface area contributed by atoms with E-state index in [2.05, 4.69) is 0 Å². The lowest BCUT2D eigenvalue weighted by molar-refractivity contribution is 0.0121. The minimum Gasteiger partial charge on any atom is -0.483 e. The Morgan fingerprint density at radius 3 is 2.44 bits per heavy atom. The summed E-state index contributed by atoms with van der Waals surface area (Å²) < 4.78 is 45.4. The Morgan fingerprint density at radius 1 is 1.17 bits per heavy atom. The van der Waals surface area contributed by atoms with E-state index in [0.29, 0.717) is 46.6 Å². The average Bonchev–Trinajstić information content (AvgIpc) is 3.23. The number of amides is 2. The molecule has 0 aliphatic carbocycles. The van der Waals surface area contributed by atoms with Gasteiger partial charge in [0, 0.05) is 52.2 Å². The number of thiophene rings is 1. The van der Waals surface area contributed by atoms with E-state index in [9.17, 15) is 23.2 Å². The van der Waals surface area contributed by atoms with Crippen molar-refractivity contribution in [1.82, 2.24) is 4.90 Å². The number of likely N-dealkylation sites (tertiary alicyclic amines) is 1. The molecular weight excluding hydrogens is 518 g/mol. The summed E-state index contributed by atoms with van der Waals surface area (Å²) in [5, 5.41) is 0.837. The third kappa shape index (κ3) is 5.21. The zero-order valence-electron chi connectivity index (χ0n) is 19.0. The molecule has 2 N–H and O–H groups in total. The second-order valence-electron chi connectivity index (χ2n) is 8.01. The highest BCUT2D eigenvalue weighted by Crippen LogP contribution is 2.38. The maximum atomic E-state index is 14.5. The van der Waals surface area contributed by atoms with Gasteiger partial charge in [-0.3, -0.25) is 4.79 Å². The molecule has 190 valence electrons. The minimum atomic E-state index is -1.11. The number of ether oxygens (including phenoxy) is 3. The van der Waals surface area contributed by atoms with Crippen molar-refractivity contribution in [3.63, 3.8) is 0 Å². The summed E-state index contributed by atoms with van der Waals surface area (Å²) in [6.45, 7) is 0.357. The predicted molar refractivity (Wildman–Crippen MR) is 128 cm³/mol. The number of halogens is 3. The predicted octanol–water partition coefficient (Wildman–Crippen LogP) is 4.90. The first-order valence-electron chi connectivity index (χ1n) is 10.8. The van der Waals surface area contributed by atoms with Crippen molar-refractivity contribution < 1.29 is 37.4 Å². The van der Waals surface area contributed by atoms with Gasteiger partial charge in [-0.15, -0.1) is 11.3 Å². The fourth-order valence-corrected chi connectivity index (χ4v) is 5.41. The number of methoxy groups -OCH3 is 1. The van der Waals surface area contributed by atoms with Gasteiger partial charge in [0.25, 0.3) is 0 Å². The molecule has 2 amide bonds. The van der Waals surface area contributed by atoms with Crippen LogP contribution < -0.4 is 10.5 Å². The Bertz CT molecular complexity index is 1320. The van der Waals surface area contributed by atoms with Crippen LogP contribution in [0, 0.1) is 11.6 Å². The van der Waals surface area contributed by atoms with E-state index in [1.807, 2.05) is 0 Å². The van der Waals surface area contributed by atoms with Crippen LogP contribution in [0.5, 0.6) is 5.75 Å². The van der Waals surface area contributed by atoms with Gasteiger partial charge < -0.3 is 24.8 Å². The lowest BCUT2D eigenvalue weighted by Gasteiger charge is -2.30. The van der Waals surface area contributed by atoms with Crippen molar-refractivity contribution in [2.45, 2.75) is 25.6 Å². The molecule has 2 heterocycles. The zero-order chi connectivity index (χ0) is 26.0. The van der Waals surface area contributed by atoms with Gasteiger partial charge in [0.05, 0.1) is 7.11 Å². The van der Waals surface area contributed by atoms with Crippen LogP contribution in [0.1, 0.15) is 38.4 Å². The molecule has 0 bridgehead atoms. The quantitative estimate of drug-likeness (QED) is 0.447. The summed E-state index contributed by atoms with van der Waals surface area (Å²) in [6.07, 6.45) is -0.00664. The molecule has 2 aromatic carbocycles. The van der Waals surface area contributed by atoms with Crippen molar-refractivity contribution >= 4 is 51.0 Å². The van der Waals surface area contributed by atoms with Crippen LogP contribution in [0.4, 0.5) is 13.6 Å². The molecule has 12 heteroatoms. The molecule has 0 spiro atoms. The van der Waals surface area contributed by atoms with Crippen LogP contribution in [-0.2, 0) is 16.1 Å². The van der Waals surface area contributed by atoms with E-state index < -0.39 is 48.1 Å². The molecule has 1 saturated heterocycles. The summed E-state index contributed by atoms with van der Waals surface area (Å²) in [5.74, 6) is -4.57. The summed E-state index contributed by atoms with van der Waals surface area (Å²) in [6, 6.07) is 6.64. The van der Waals surface area contributed by atoms with Crippen molar-refractivity contribution in [3.05, 3.63) is 63.0 Å². The summed E-state index contributed by atoms with van der Waals surface area (Å²) in [7, 11) is 1.30. The molecule has 1 aromatic heterocycles. The van der Waals surface area contributed by atoms with Gasteiger partial charge in [0.2, 0.25) is 5.91 Å². The molecule has 0 radical (unpaired) electrons. The normalized spacial score (nSPS) is 14.1. The third-order valence-corrected chi connectivity index (χ3v) is 7.23. The summed E-state index contributed by atoms with van der Waals surface area (Å²) in [5.41, 5.74) is 5.06. The fraction of sp³-hybridized carbons (Fsp3) is 0.292. The second-order valence-corrected chi connectivity index (χ2v) is 9.47. The Kier molecular flexibility index (Phi) is 7.60. The van der Waals surface area contributed by atoms with E-state index in [0.717, 1.165) is 23.5 Å². The average molecular weight is 539 g/mol. The monoisotopic (exact) mass is 538 g/mol. The molecule has 3 aromatic rings. The second kappa shape index (κ2) is 10.7. The molecule has 1 fully saturated rings. The van der Waals surface area contributed by atoms with Crippen molar-refractivity contribution in [3.8, 4) is 5.75 Å². The van der Waals surface area contributed by atoms with E-state index in [-0.39, 0.29) is 10.4 Å². The van der Waals surface area contributed by atoms with Crippen LogP contribution in [0.2, 0.25) is 5.02 Å². The molecule has 0 unspecified atom stereocenters. The first-order valence-corrected chi connectivity index (χ1v) is 12.0. The summed E-state index contributed by atoms with van der Waals surface area (Å²) in [4.78, 5) is 37.8. The Balaban J connectivity index is 1.58. The molecule has 0 saturated carbocycles. The number of carbonyl (C=O) groups is 3. The topological polar surface area (TPSA) is 108 Å². The number of hydrogen-bond acceptors (Lipinski definition) is 7. The van der Waals surface area contributed by atoms with Crippen LogP contribution in [0.3, 0.4) is 0 Å². The molecular formula is C24H21ClF2N2O6S. The number of nitrogens with two attached hydrogens (primary N) is 1. The molecule has 1 aliphatic rings. The van der Waals surface area contributed by atoms with Gasteiger partial charge in [-0.05, 0) is 24.3 Å². The maximum Gasteiger partial charge on any atom is 0.409 e. The lowest BCUT2D eigenvalue weighted by atomic mass is 10.1. The largest absolute Gasteiger partial charge is 0.483 e. The third-order valence-electron chi connectivity index (χ3n) is 5.74. The van der Waals surface area contributed by atoms with Gasteiger partial charge in [0.1, 0.15) is 17.6 Å². The van der Waals surface area contributed by atoms with Crippen molar-refractivity contribution in [2.24, 2.45) is 5.73 Å². The Labute approximate surface area is 213 Å². The minimum absolute atomic E-state index is 0.183. The highest BCUT2D eigenvalue weighted by molar-refractivity contribution is 7.21. The van der Waals surface area contributed by atoms with Gasteiger partial charge in [-0.2, -0.15) is 0 Å². The maximum absolute atomic E-state index is 14.5. The fourth-order valence-electron chi connectivity index (χ4n) is 3.94. The Morgan fingerprint density at radius 2 is 1.83 bits per heavy atom. The van der Waals surface area contributed by atoms with Crippen LogP contribution in [0.25, 0.3) is 10.1 Å². The standard InChI is InChI=1S/C24H21ClF2N2O6S/c1-33-24(32)29-7-5-13(6-8-29)35-23(31)21-14(19-15(25)3-2-4-18(19)36-21)11-34-20-16(26)9-12(22(28)30)10-17(20)27/h2-4,9-10,13H,5-8,11H2,1H3,(H2,28,30). The molecule has 36 heavy (non-hydrogen) atoms. The summed E-state index contributed by atoms with van der Waals surface area (Å²) >= 11 is 7.50. The molecule has 4 rings (SSSR count). The smallest absolute Gasteiger partial charge is 0.409 e. The van der Waals surface area contributed by atoms with Gasteiger partial charge in [-0.25, -0.2) is 18.4 Å². The molecule has 1 aliphatic heterocycles. The van der Waals surface area contributed by atoms with E-state index in [1.165, 1.54) is 12.0 Å². The number of hydrogen-bond donors (Lipinski definition) is 1. The van der Waals surface area contributed by atoms with Crippen LogP contribution in [0.15, 0.2) is 30.3 Å². The van der Waals surface area contributed by atoms with E-state index >= 15 is 0 Å². The number of nitrogens with zero attached hydrogens (tertiary/aromatic N) is 1. The number of piperidine rings is 1. The first kappa shape index (κ1) is 25.6. The van der Waals surface area contributed by atoms with Crippen LogP contribution >= 0.6 is 22.9 Å². The number of esters is 1. The zero-order valence-corrected chi connectivity index (χ0v) is 20.6. The molecule has 0 atom stereocenters. The first-order chi connectivity index (χ1) is 17.2. The van der Waals surface area contributed by atoms with E-state index in [4.69, 9.17) is 31.5 Å². The van der Waals surface area contributed by atoms with Gasteiger partial charge in [0.15, 0.2) is 17.4 Å². The highest BCUT2D eigenvalue weighted by atomic mass is 35.5. The number of primary amides is 1. The van der Waals surface area contributed by atoms with Gasteiger partial charge >= 0.3 is 12.1 Å². The van der Waals surface area contributed by atoms with Crippen molar-refractivity contribution in [2.75, 3.05) is 20.2 Å². The van der Waals surface area contributed by atoms with Crippen LogP contribution in [-0.4, -0.2) is 49.2 Å². The number of fused-ring (bicyclic) bond motifs is 1. The number of carbonyl (C=O) groups excluding carboxylic acids is 3. The molecule has 8 nitrogen and oxygen atoms in total.